The van der Waals surface area contributed by atoms with E-state index in [0.717, 1.165) is 117 Å². The van der Waals surface area contributed by atoms with Crippen LogP contribution in [0.4, 0.5) is 47.3 Å². The lowest BCUT2D eigenvalue weighted by molar-refractivity contribution is -0.137. The van der Waals surface area contributed by atoms with Gasteiger partial charge in [0.2, 0.25) is 0 Å². The Kier molecular flexibility index (Phi) is 14.0. The second-order valence-corrected chi connectivity index (χ2v) is 25.1. The van der Waals surface area contributed by atoms with Crippen molar-refractivity contribution in [2.75, 3.05) is 9.80 Å². The first kappa shape index (κ1) is 58.0. The van der Waals surface area contributed by atoms with Crippen LogP contribution < -0.4 is 26.2 Å². The molecule has 462 valence electrons. The maximum Gasteiger partial charge on any atom is 0.419 e. The minimum atomic E-state index is -4.84. The predicted octanol–water partition coefficient (Wildman–Crippen LogP) is 22.0. The Bertz CT molecular complexity index is 5370. The van der Waals surface area contributed by atoms with E-state index in [4.69, 9.17) is 9.97 Å². The van der Waals surface area contributed by atoms with Crippen molar-refractivity contribution in [1.29, 1.82) is 0 Å². The van der Waals surface area contributed by atoms with E-state index in [2.05, 4.69) is 240 Å². The molecule has 16 aromatic rings. The maximum atomic E-state index is 16.6. The average molecular weight is 1260 g/mol. The van der Waals surface area contributed by atoms with E-state index >= 15 is 13.2 Å². The molecule has 0 bridgehead atoms. The molecule has 0 amide bonds. The van der Waals surface area contributed by atoms with Crippen molar-refractivity contribution >= 4 is 79.0 Å². The van der Waals surface area contributed by atoms with E-state index in [1.807, 2.05) is 97.1 Å². The summed E-state index contributed by atoms with van der Waals surface area (Å²) in [6.45, 7) is -0.180. The molecule has 0 aliphatic carbocycles. The highest BCUT2D eigenvalue weighted by molar-refractivity contribution is 7.00. The lowest BCUT2D eigenvalue weighted by atomic mass is 9.33. The van der Waals surface area contributed by atoms with Crippen LogP contribution in [0.1, 0.15) is 5.56 Å². The van der Waals surface area contributed by atoms with E-state index in [-0.39, 0.29) is 23.8 Å². The van der Waals surface area contributed by atoms with Gasteiger partial charge >= 0.3 is 6.18 Å². The molecule has 0 saturated heterocycles. The van der Waals surface area contributed by atoms with Crippen LogP contribution in [0, 0.1) is 0 Å². The summed E-state index contributed by atoms with van der Waals surface area (Å²) in [7, 11) is 0. The van der Waals surface area contributed by atoms with Crippen LogP contribution in [-0.2, 0) is 6.18 Å². The van der Waals surface area contributed by atoms with Gasteiger partial charge < -0.3 is 14.4 Å². The Hall–Kier alpha value is -12.6. The monoisotopic (exact) mass is 1260 g/mol. The second-order valence-electron chi connectivity index (χ2n) is 25.1. The van der Waals surface area contributed by atoms with Gasteiger partial charge in [-0.3, -0.25) is 0 Å². The van der Waals surface area contributed by atoms with E-state index in [0.29, 0.717) is 22.4 Å². The van der Waals surface area contributed by atoms with Crippen LogP contribution in [-0.4, -0.2) is 21.2 Å². The molecule has 18 rings (SSSR count). The fourth-order valence-electron chi connectivity index (χ4n) is 15.0. The zero-order valence-corrected chi connectivity index (χ0v) is 52.9. The van der Waals surface area contributed by atoms with Gasteiger partial charge in [0, 0.05) is 61.6 Å². The second kappa shape index (κ2) is 23.7. The molecular weight excluding hydrogens is 1210 g/mol. The number of fused-ring (bicyclic) bond motifs is 7. The average Bonchev–Trinajstić information content (AvgIpc) is 0.763. The van der Waals surface area contributed by atoms with Crippen molar-refractivity contribution in [3.63, 3.8) is 0 Å². The molecule has 5 nitrogen and oxygen atoms in total. The molecular formula is C89H57BF3N5. The predicted molar refractivity (Wildman–Crippen MR) is 399 cm³/mol. The molecule has 0 atom stereocenters. The third-order valence-electron chi connectivity index (χ3n) is 19.3. The molecule has 2 aromatic heterocycles. The summed E-state index contributed by atoms with van der Waals surface area (Å²) in [4.78, 5) is 14.8. The minimum Gasteiger partial charge on any atom is -0.311 e. The standard InChI is InChI=1S/C89H57BF3N5/c91-89(92,93)86-73(88-94-77(62-34-15-5-16-35-62)57-78(95-88)63-36-17-6-18-37-63)39-25-45-83(86)98-79-42-22-19-38-72(79)74-54-64(46-47-80(74)98)69-55-84-87-85(56-69)97(71-52-67(60-30-11-3-12-31-60)49-68(53-71)61-32-13-4-14-33-61)82-44-24-21-41-76(82)90(87)75-40-20-23-43-81(75)96(84)70-50-65(58-26-7-1-8-27-58)48-66(51-70)59-28-9-2-10-29-59/h1-57H. The van der Waals surface area contributed by atoms with Crippen molar-refractivity contribution in [2.45, 2.75) is 6.18 Å². The van der Waals surface area contributed by atoms with Crippen LogP contribution in [0.3, 0.4) is 0 Å². The largest absolute Gasteiger partial charge is 0.419 e. The number of para-hydroxylation sites is 3. The van der Waals surface area contributed by atoms with Crippen LogP contribution in [0.25, 0.3) is 117 Å². The SMILES string of the molecule is FC(F)(F)c1c(-c2nc(-c3ccccc3)cc(-c3ccccc3)n2)cccc1-n1c2ccccc2c2cc(-c3cc4c5c(c3)N(c3cc(-c6ccccc6)cc(-c6ccccc6)c3)c3ccccc3B5c3ccccc3N4c3cc(-c4ccccc4)cc(-c4ccccc4)c3)ccc21. The summed E-state index contributed by atoms with van der Waals surface area (Å²) in [5.41, 5.74) is 23.0. The summed E-state index contributed by atoms with van der Waals surface area (Å²) in [6.07, 6.45) is -4.84. The highest BCUT2D eigenvalue weighted by Crippen LogP contribution is 2.50. The Morgan fingerprint density at radius 3 is 1.12 bits per heavy atom. The van der Waals surface area contributed by atoms with Crippen LogP contribution in [0.2, 0.25) is 0 Å². The summed E-state index contributed by atoms with van der Waals surface area (Å²) >= 11 is 0. The van der Waals surface area contributed by atoms with E-state index < -0.39 is 11.7 Å². The highest BCUT2D eigenvalue weighted by Gasteiger charge is 2.44. The Labute approximate surface area is 566 Å². The molecule has 0 N–H and O–H groups in total. The van der Waals surface area contributed by atoms with Gasteiger partial charge in [0.05, 0.1) is 33.7 Å². The number of alkyl halides is 3. The summed E-state index contributed by atoms with van der Waals surface area (Å²) in [5, 5.41) is 1.60. The molecule has 0 spiro atoms. The van der Waals surface area contributed by atoms with Gasteiger partial charge in [0.25, 0.3) is 6.71 Å². The number of rotatable bonds is 11. The molecule has 4 heterocycles. The van der Waals surface area contributed by atoms with E-state index in [1.54, 1.807) is 16.7 Å². The fraction of sp³-hybridized carbons (Fsp3) is 0.0112. The van der Waals surface area contributed by atoms with E-state index in [1.165, 1.54) is 17.0 Å². The maximum absolute atomic E-state index is 16.6. The molecule has 0 unspecified atom stereocenters. The number of anilines is 6. The zero-order valence-electron chi connectivity index (χ0n) is 52.9. The number of halogens is 3. The number of benzene rings is 14. The third kappa shape index (κ3) is 10.1. The van der Waals surface area contributed by atoms with Gasteiger partial charge in [-0.05, 0) is 163 Å². The van der Waals surface area contributed by atoms with Gasteiger partial charge in [0.1, 0.15) is 0 Å². The van der Waals surface area contributed by atoms with Crippen LogP contribution >= 0.6 is 0 Å². The van der Waals surface area contributed by atoms with Gasteiger partial charge in [0.15, 0.2) is 5.82 Å². The lowest BCUT2D eigenvalue weighted by Gasteiger charge is -2.44. The fourth-order valence-corrected chi connectivity index (χ4v) is 15.0. The normalized spacial score (nSPS) is 12.4. The Morgan fingerprint density at radius 2 is 0.663 bits per heavy atom. The third-order valence-corrected chi connectivity index (χ3v) is 19.3. The molecule has 0 fully saturated rings. The van der Waals surface area contributed by atoms with Gasteiger partial charge in [-0.15, -0.1) is 0 Å². The summed E-state index contributed by atoms with van der Waals surface area (Å²) < 4.78 is 51.6. The van der Waals surface area contributed by atoms with Gasteiger partial charge in [-0.2, -0.15) is 13.2 Å². The number of hydrogen-bond acceptors (Lipinski definition) is 4. The summed E-state index contributed by atoms with van der Waals surface area (Å²) in [5.74, 6) is -0.0273. The first-order chi connectivity index (χ1) is 48.2. The Morgan fingerprint density at radius 1 is 0.276 bits per heavy atom. The van der Waals surface area contributed by atoms with Crippen molar-refractivity contribution < 1.29 is 13.2 Å². The molecule has 98 heavy (non-hydrogen) atoms. The van der Waals surface area contributed by atoms with Crippen LogP contribution in [0.5, 0.6) is 0 Å². The smallest absolute Gasteiger partial charge is 0.311 e. The quantitative estimate of drug-likeness (QED) is 0.121. The zero-order chi connectivity index (χ0) is 65.4. The van der Waals surface area contributed by atoms with Crippen molar-refractivity contribution in [3.05, 3.63) is 351 Å². The summed E-state index contributed by atoms with van der Waals surface area (Å²) in [6, 6.07) is 118. The molecule has 0 radical (unpaired) electrons. The van der Waals surface area contributed by atoms with E-state index in [9.17, 15) is 0 Å². The Balaban J connectivity index is 0.892. The first-order valence-electron chi connectivity index (χ1n) is 33.0. The van der Waals surface area contributed by atoms with Crippen molar-refractivity contribution in [2.24, 2.45) is 0 Å². The number of hydrogen-bond donors (Lipinski definition) is 0. The topological polar surface area (TPSA) is 37.2 Å². The van der Waals surface area contributed by atoms with Crippen molar-refractivity contribution in [1.82, 2.24) is 14.5 Å². The molecule has 2 aliphatic rings. The molecule has 2 aliphatic heterocycles. The highest BCUT2D eigenvalue weighted by atomic mass is 19.4. The first-order valence-corrected chi connectivity index (χ1v) is 33.0. The molecule has 14 aromatic carbocycles. The van der Waals surface area contributed by atoms with Crippen LogP contribution in [0.15, 0.2) is 346 Å². The number of aromatic nitrogens is 3. The number of nitrogens with zero attached hydrogens (tertiary/aromatic N) is 5. The van der Waals surface area contributed by atoms with Crippen molar-refractivity contribution in [3.8, 4) is 95.2 Å². The van der Waals surface area contributed by atoms with Gasteiger partial charge in [-0.1, -0.05) is 255 Å². The molecule has 0 saturated carbocycles. The minimum absolute atomic E-state index is 0.0273. The van der Waals surface area contributed by atoms with Gasteiger partial charge in [-0.25, -0.2) is 9.97 Å². The molecule has 9 heteroatoms. The lowest BCUT2D eigenvalue weighted by Crippen LogP contribution is -2.61.